The van der Waals surface area contributed by atoms with Gasteiger partial charge in [0.15, 0.2) is 11.5 Å². The zero-order chi connectivity index (χ0) is 18.4. The second kappa shape index (κ2) is 5.80. The monoisotopic (exact) mass is 358 g/mol. The SMILES string of the molecule is COc1ccccc1-n1c(=O)[nH]c2cnc(-c3cnc4ccccn34)nc21. The lowest BCUT2D eigenvalue weighted by Gasteiger charge is -2.09. The van der Waals surface area contributed by atoms with Crippen molar-refractivity contribution >= 4 is 16.8 Å². The molecule has 0 spiro atoms. The van der Waals surface area contributed by atoms with Crippen LogP contribution in [0.15, 0.2) is 65.8 Å². The number of hydrogen-bond acceptors (Lipinski definition) is 5. The van der Waals surface area contributed by atoms with Crippen LogP contribution in [-0.4, -0.2) is 36.0 Å². The predicted octanol–water partition coefficient (Wildman–Crippen LogP) is 2.43. The molecule has 5 rings (SSSR count). The maximum Gasteiger partial charge on any atom is 0.332 e. The van der Waals surface area contributed by atoms with Gasteiger partial charge in [0.05, 0.1) is 25.2 Å². The maximum atomic E-state index is 12.6. The van der Waals surface area contributed by atoms with E-state index in [4.69, 9.17) is 4.74 Å². The summed E-state index contributed by atoms with van der Waals surface area (Å²) in [6.07, 6.45) is 5.22. The minimum absolute atomic E-state index is 0.306. The smallest absolute Gasteiger partial charge is 0.332 e. The van der Waals surface area contributed by atoms with E-state index in [1.807, 2.05) is 47.0 Å². The Bertz CT molecular complexity index is 1350. The number of imidazole rings is 2. The molecule has 132 valence electrons. The van der Waals surface area contributed by atoms with Gasteiger partial charge in [0.1, 0.15) is 22.6 Å². The van der Waals surface area contributed by atoms with Gasteiger partial charge >= 0.3 is 5.69 Å². The number of benzene rings is 1. The van der Waals surface area contributed by atoms with Gasteiger partial charge < -0.3 is 9.72 Å². The van der Waals surface area contributed by atoms with Crippen molar-refractivity contribution in [2.45, 2.75) is 0 Å². The second-order valence-electron chi connectivity index (χ2n) is 5.94. The van der Waals surface area contributed by atoms with Crippen molar-refractivity contribution in [1.29, 1.82) is 0 Å². The molecular weight excluding hydrogens is 344 g/mol. The molecular formula is C19H14N6O2. The number of aromatic amines is 1. The minimum Gasteiger partial charge on any atom is -0.495 e. The molecule has 0 aliphatic carbocycles. The highest BCUT2D eigenvalue weighted by Crippen LogP contribution is 2.25. The number of hydrogen-bond donors (Lipinski definition) is 1. The summed E-state index contributed by atoms with van der Waals surface area (Å²) in [5.41, 5.74) is 2.86. The second-order valence-corrected chi connectivity index (χ2v) is 5.94. The van der Waals surface area contributed by atoms with Crippen LogP contribution in [0.1, 0.15) is 0 Å². The molecule has 27 heavy (non-hydrogen) atoms. The van der Waals surface area contributed by atoms with Crippen LogP contribution >= 0.6 is 0 Å². The summed E-state index contributed by atoms with van der Waals surface area (Å²) in [6.45, 7) is 0. The normalized spacial score (nSPS) is 11.3. The van der Waals surface area contributed by atoms with Gasteiger partial charge in [-0.25, -0.2) is 24.3 Å². The van der Waals surface area contributed by atoms with Gasteiger partial charge in [0, 0.05) is 6.20 Å². The van der Waals surface area contributed by atoms with E-state index in [-0.39, 0.29) is 5.69 Å². The first-order valence-corrected chi connectivity index (χ1v) is 8.30. The predicted molar refractivity (Wildman–Crippen MR) is 100 cm³/mol. The first-order valence-electron chi connectivity index (χ1n) is 8.30. The van der Waals surface area contributed by atoms with Crippen LogP contribution in [0.25, 0.3) is 34.0 Å². The molecule has 1 N–H and O–H groups in total. The van der Waals surface area contributed by atoms with E-state index < -0.39 is 0 Å². The van der Waals surface area contributed by atoms with Crippen LogP contribution in [0.4, 0.5) is 0 Å². The number of fused-ring (bicyclic) bond motifs is 2. The van der Waals surface area contributed by atoms with Crippen LogP contribution < -0.4 is 10.4 Å². The molecule has 8 nitrogen and oxygen atoms in total. The van der Waals surface area contributed by atoms with Gasteiger partial charge in [-0.1, -0.05) is 18.2 Å². The molecule has 0 radical (unpaired) electrons. The third-order valence-corrected chi connectivity index (χ3v) is 4.40. The number of H-pyrrole nitrogens is 1. The molecule has 0 amide bonds. The highest BCUT2D eigenvalue weighted by molar-refractivity contribution is 5.75. The van der Waals surface area contributed by atoms with Gasteiger partial charge in [-0.05, 0) is 24.3 Å². The fraction of sp³-hybridized carbons (Fsp3) is 0.0526. The molecule has 1 aromatic carbocycles. The molecule has 5 aromatic rings. The first kappa shape index (κ1) is 15.3. The molecule has 0 aliphatic heterocycles. The average Bonchev–Trinajstić information content (AvgIpc) is 3.27. The van der Waals surface area contributed by atoms with Crippen molar-refractivity contribution in [3.8, 4) is 23.0 Å². The van der Waals surface area contributed by atoms with E-state index in [1.54, 1.807) is 25.6 Å². The molecule has 0 saturated carbocycles. The number of rotatable bonds is 3. The van der Waals surface area contributed by atoms with Gasteiger partial charge in [0.2, 0.25) is 0 Å². The summed E-state index contributed by atoms with van der Waals surface area (Å²) in [5.74, 6) is 1.05. The lowest BCUT2D eigenvalue weighted by Crippen LogP contribution is -2.15. The highest BCUT2D eigenvalue weighted by atomic mass is 16.5. The van der Waals surface area contributed by atoms with E-state index in [9.17, 15) is 4.79 Å². The lowest BCUT2D eigenvalue weighted by molar-refractivity contribution is 0.413. The number of para-hydroxylation sites is 2. The minimum atomic E-state index is -0.306. The summed E-state index contributed by atoms with van der Waals surface area (Å²) in [4.78, 5) is 28.8. The summed E-state index contributed by atoms with van der Waals surface area (Å²) in [5, 5.41) is 0. The number of nitrogens with one attached hydrogen (secondary N) is 1. The number of ether oxygens (including phenoxy) is 1. The van der Waals surface area contributed by atoms with Crippen molar-refractivity contribution in [1.82, 2.24) is 28.9 Å². The Morgan fingerprint density at radius 3 is 2.78 bits per heavy atom. The molecule has 4 heterocycles. The average molecular weight is 358 g/mol. The Hall–Kier alpha value is -3.94. The topological polar surface area (TPSA) is 90.1 Å². The Morgan fingerprint density at radius 1 is 1.04 bits per heavy atom. The quantitative estimate of drug-likeness (QED) is 0.535. The van der Waals surface area contributed by atoms with Gasteiger partial charge in [0.25, 0.3) is 0 Å². The molecule has 0 fully saturated rings. The summed E-state index contributed by atoms with van der Waals surface area (Å²) >= 11 is 0. The van der Waals surface area contributed by atoms with E-state index in [0.29, 0.717) is 28.4 Å². The van der Waals surface area contributed by atoms with Crippen molar-refractivity contribution in [2.24, 2.45) is 0 Å². The van der Waals surface area contributed by atoms with Crippen LogP contribution in [0.3, 0.4) is 0 Å². The molecule has 0 saturated heterocycles. The molecule has 4 aromatic heterocycles. The van der Waals surface area contributed by atoms with Crippen LogP contribution in [-0.2, 0) is 0 Å². The highest BCUT2D eigenvalue weighted by Gasteiger charge is 2.16. The molecule has 0 aliphatic rings. The van der Waals surface area contributed by atoms with E-state index >= 15 is 0 Å². The first-order chi connectivity index (χ1) is 13.3. The molecule has 0 bridgehead atoms. The molecule has 0 atom stereocenters. The maximum absolute atomic E-state index is 12.6. The standard InChI is InChI=1S/C19H14N6O2/c1-27-15-7-3-2-6-13(15)25-18-12(22-19(25)26)10-21-17(23-18)14-11-20-16-8-4-5-9-24(14)16/h2-11H,1H3,(H,22,26). The van der Waals surface area contributed by atoms with Crippen molar-refractivity contribution in [3.05, 3.63) is 71.5 Å². The van der Waals surface area contributed by atoms with Crippen molar-refractivity contribution in [3.63, 3.8) is 0 Å². The number of pyridine rings is 1. The van der Waals surface area contributed by atoms with E-state index in [0.717, 1.165) is 11.3 Å². The Morgan fingerprint density at radius 2 is 1.89 bits per heavy atom. The fourth-order valence-electron chi connectivity index (χ4n) is 3.16. The van der Waals surface area contributed by atoms with Gasteiger partial charge in [-0.3, -0.25) is 4.40 Å². The largest absolute Gasteiger partial charge is 0.495 e. The third kappa shape index (κ3) is 2.30. The Balaban J connectivity index is 1.78. The van der Waals surface area contributed by atoms with Crippen LogP contribution in [0.2, 0.25) is 0 Å². The number of aromatic nitrogens is 6. The van der Waals surface area contributed by atoms with Crippen molar-refractivity contribution in [2.75, 3.05) is 7.11 Å². The summed E-state index contributed by atoms with van der Waals surface area (Å²) in [7, 11) is 1.57. The van der Waals surface area contributed by atoms with Gasteiger partial charge in [-0.15, -0.1) is 0 Å². The summed E-state index contributed by atoms with van der Waals surface area (Å²) in [6, 6.07) is 13.0. The van der Waals surface area contributed by atoms with E-state index in [1.165, 1.54) is 4.57 Å². The Labute approximate surface area is 152 Å². The molecule has 0 unspecified atom stereocenters. The Kier molecular flexibility index (Phi) is 3.29. The zero-order valence-corrected chi connectivity index (χ0v) is 14.3. The zero-order valence-electron chi connectivity index (χ0n) is 14.3. The summed E-state index contributed by atoms with van der Waals surface area (Å²) < 4.78 is 8.79. The molecule has 8 heteroatoms. The third-order valence-electron chi connectivity index (χ3n) is 4.40. The lowest BCUT2D eigenvalue weighted by atomic mass is 10.3. The van der Waals surface area contributed by atoms with Crippen LogP contribution in [0, 0.1) is 0 Å². The van der Waals surface area contributed by atoms with Crippen molar-refractivity contribution < 1.29 is 4.74 Å². The fourth-order valence-corrected chi connectivity index (χ4v) is 3.16. The number of methoxy groups -OCH3 is 1. The van der Waals surface area contributed by atoms with Crippen LogP contribution in [0.5, 0.6) is 5.75 Å². The van der Waals surface area contributed by atoms with Gasteiger partial charge in [-0.2, -0.15) is 0 Å². The van der Waals surface area contributed by atoms with E-state index in [2.05, 4.69) is 19.9 Å². The number of nitrogens with zero attached hydrogens (tertiary/aromatic N) is 5.